The van der Waals surface area contributed by atoms with Crippen LogP contribution in [0.4, 0.5) is 0 Å². The number of hydrogen-bond acceptors (Lipinski definition) is 5. The Kier molecular flexibility index (Phi) is 4.37. The van der Waals surface area contributed by atoms with E-state index in [-0.39, 0.29) is 17.9 Å². The topological polar surface area (TPSA) is 101 Å². The lowest BCUT2D eigenvalue weighted by Gasteiger charge is -2.21. The summed E-state index contributed by atoms with van der Waals surface area (Å²) in [5.74, 6) is 0.675. The minimum absolute atomic E-state index is 0.148. The molecule has 27 heavy (non-hydrogen) atoms. The van der Waals surface area contributed by atoms with Crippen molar-refractivity contribution in [3.8, 4) is 5.69 Å². The van der Waals surface area contributed by atoms with Gasteiger partial charge in [0.05, 0.1) is 28.3 Å². The van der Waals surface area contributed by atoms with Crippen LogP contribution in [0.3, 0.4) is 0 Å². The minimum atomic E-state index is -0.258. The van der Waals surface area contributed by atoms with E-state index in [1.165, 1.54) is 11.0 Å². The number of aromatic amines is 1. The average Bonchev–Trinajstić information content (AvgIpc) is 3.35. The third-order valence-corrected chi connectivity index (χ3v) is 4.40. The van der Waals surface area contributed by atoms with Crippen molar-refractivity contribution in [3.63, 3.8) is 0 Å². The number of nitrogens with one attached hydrogen (secondary N) is 2. The summed E-state index contributed by atoms with van der Waals surface area (Å²) in [5.41, 5.74) is 2.93. The summed E-state index contributed by atoms with van der Waals surface area (Å²) in [6.45, 7) is 4.09. The van der Waals surface area contributed by atoms with Crippen molar-refractivity contribution in [2.24, 2.45) is 5.92 Å². The first kappa shape index (κ1) is 16.9. The third kappa shape index (κ3) is 3.29. The fourth-order valence-corrected chi connectivity index (χ4v) is 3.03. The molecule has 2 N–H and O–H groups in total. The molecule has 0 saturated carbocycles. The van der Waals surface area contributed by atoms with Crippen molar-refractivity contribution < 1.29 is 4.79 Å². The second-order valence-corrected chi connectivity index (χ2v) is 6.61. The number of benzene rings is 2. The second-order valence-electron chi connectivity index (χ2n) is 6.61. The van der Waals surface area contributed by atoms with E-state index in [0.717, 1.165) is 16.9 Å². The summed E-state index contributed by atoms with van der Waals surface area (Å²) in [6, 6.07) is 14.8. The SMILES string of the molecule is CC(C)[C@@H](NC(=O)c1ccccc1-n1cnnn1)c1nc2ccccc2[nH]1. The molecule has 0 radical (unpaired) electrons. The van der Waals surface area contributed by atoms with Gasteiger partial charge in [0.2, 0.25) is 0 Å². The van der Waals surface area contributed by atoms with E-state index >= 15 is 0 Å². The number of tetrazole rings is 1. The zero-order valence-electron chi connectivity index (χ0n) is 15.0. The van der Waals surface area contributed by atoms with Crippen LogP contribution < -0.4 is 5.32 Å². The molecule has 2 aromatic heterocycles. The lowest BCUT2D eigenvalue weighted by atomic mass is 10.0. The first-order valence-electron chi connectivity index (χ1n) is 8.71. The fraction of sp³-hybridized carbons (Fsp3) is 0.211. The highest BCUT2D eigenvalue weighted by Gasteiger charge is 2.24. The maximum Gasteiger partial charge on any atom is 0.254 e. The maximum atomic E-state index is 13.0. The van der Waals surface area contributed by atoms with Gasteiger partial charge in [-0.25, -0.2) is 4.98 Å². The first-order valence-corrected chi connectivity index (χ1v) is 8.71. The van der Waals surface area contributed by atoms with Gasteiger partial charge < -0.3 is 10.3 Å². The fourth-order valence-electron chi connectivity index (χ4n) is 3.03. The van der Waals surface area contributed by atoms with E-state index in [1.54, 1.807) is 12.1 Å². The number of amides is 1. The predicted molar refractivity (Wildman–Crippen MR) is 100 cm³/mol. The summed E-state index contributed by atoms with van der Waals surface area (Å²) in [7, 11) is 0. The molecule has 0 bridgehead atoms. The highest BCUT2D eigenvalue weighted by Crippen LogP contribution is 2.23. The average molecular weight is 361 g/mol. The molecule has 4 aromatic rings. The number of rotatable bonds is 5. The van der Waals surface area contributed by atoms with Crippen LogP contribution in [0.25, 0.3) is 16.7 Å². The maximum absolute atomic E-state index is 13.0. The smallest absolute Gasteiger partial charge is 0.254 e. The summed E-state index contributed by atoms with van der Waals surface area (Å²) in [6.07, 6.45) is 1.46. The molecule has 0 aliphatic heterocycles. The lowest BCUT2D eigenvalue weighted by molar-refractivity contribution is 0.0923. The normalized spacial score (nSPS) is 12.4. The summed E-state index contributed by atoms with van der Waals surface area (Å²) in [5, 5.41) is 14.3. The van der Waals surface area contributed by atoms with Crippen LogP contribution in [0.1, 0.15) is 36.1 Å². The Morgan fingerprint density at radius 1 is 1.11 bits per heavy atom. The summed E-state index contributed by atoms with van der Waals surface area (Å²) >= 11 is 0. The van der Waals surface area contributed by atoms with Crippen molar-refractivity contribution in [3.05, 3.63) is 66.2 Å². The Hall–Kier alpha value is -3.55. The Labute approximate surface area is 155 Å². The van der Waals surface area contributed by atoms with Crippen LogP contribution in [0.15, 0.2) is 54.9 Å². The quantitative estimate of drug-likeness (QED) is 0.569. The van der Waals surface area contributed by atoms with Gasteiger partial charge in [-0.2, -0.15) is 4.68 Å². The molecule has 0 fully saturated rings. The molecule has 0 unspecified atom stereocenters. The molecule has 8 nitrogen and oxygen atoms in total. The van der Waals surface area contributed by atoms with Crippen LogP contribution in [0.5, 0.6) is 0 Å². The van der Waals surface area contributed by atoms with E-state index in [9.17, 15) is 4.79 Å². The highest BCUT2D eigenvalue weighted by molar-refractivity contribution is 5.98. The lowest BCUT2D eigenvalue weighted by Crippen LogP contribution is -2.33. The van der Waals surface area contributed by atoms with Gasteiger partial charge >= 0.3 is 0 Å². The molecule has 2 aromatic carbocycles. The Balaban J connectivity index is 1.66. The Bertz CT molecular complexity index is 1040. The Morgan fingerprint density at radius 3 is 2.63 bits per heavy atom. The second kappa shape index (κ2) is 6.99. The third-order valence-electron chi connectivity index (χ3n) is 4.40. The van der Waals surface area contributed by atoms with Gasteiger partial charge in [-0.05, 0) is 40.6 Å². The first-order chi connectivity index (χ1) is 13.1. The van der Waals surface area contributed by atoms with E-state index in [0.29, 0.717) is 11.3 Å². The molecular weight excluding hydrogens is 342 g/mol. The Morgan fingerprint density at radius 2 is 1.89 bits per heavy atom. The molecular formula is C19H19N7O. The van der Waals surface area contributed by atoms with E-state index < -0.39 is 0 Å². The number of aromatic nitrogens is 6. The number of fused-ring (bicyclic) bond motifs is 1. The van der Waals surface area contributed by atoms with E-state index in [1.807, 2.05) is 50.2 Å². The number of carbonyl (C=O) groups is 1. The van der Waals surface area contributed by atoms with Gasteiger partial charge in [0.1, 0.15) is 12.2 Å². The van der Waals surface area contributed by atoms with Crippen LogP contribution in [-0.4, -0.2) is 36.1 Å². The highest BCUT2D eigenvalue weighted by atomic mass is 16.1. The zero-order valence-corrected chi connectivity index (χ0v) is 15.0. The van der Waals surface area contributed by atoms with Crippen LogP contribution in [0, 0.1) is 5.92 Å². The number of carbonyl (C=O) groups excluding carboxylic acids is 1. The number of imidazole rings is 1. The number of para-hydroxylation sites is 3. The number of nitrogens with zero attached hydrogens (tertiary/aromatic N) is 5. The van der Waals surface area contributed by atoms with E-state index in [4.69, 9.17) is 0 Å². The van der Waals surface area contributed by atoms with Crippen LogP contribution >= 0.6 is 0 Å². The van der Waals surface area contributed by atoms with Gasteiger partial charge in [-0.3, -0.25) is 4.79 Å². The molecule has 0 aliphatic carbocycles. The van der Waals surface area contributed by atoms with Gasteiger partial charge in [0.15, 0.2) is 0 Å². The largest absolute Gasteiger partial charge is 0.342 e. The summed E-state index contributed by atoms with van der Waals surface area (Å²) in [4.78, 5) is 21.0. The van der Waals surface area contributed by atoms with Gasteiger partial charge in [-0.15, -0.1) is 5.10 Å². The molecule has 2 heterocycles. The van der Waals surface area contributed by atoms with Gasteiger partial charge in [-0.1, -0.05) is 38.1 Å². The molecule has 1 atom stereocenters. The molecule has 136 valence electrons. The van der Waals surface area contributed by atoms with Crippen molar-refractivity contribution in [1.29, 1.82) is 0 Å². The molecule has 4 rings (SSSR count). The monoisotopic (exact) mass is 361 g/mol. The van der Waals surface area contributed by atoms with Crippen LogP contribution in [0.2, 0.25) is 0 Å². The number of H-pyrrole nitrogens is 1. The zero-order chi connectivity index (χ0) is 18.8. The molecule has 0 aliphatic rings. The molecule has 1 amide bonds. The van der Waals surface area contributed by atoms with Crippen molar-refractivity contribution in [1.82, 2.24) is 35.5 Å². The standard InChI is InChI=1S/C19H19N7O/c1-12(2)17(18-21-14-8-4-5-9-15(14)22-18)23-19(27)13-7-3-6-10-16(13)26-11-20-24-25-26/h3-12,17H,1-2H3,(H,21,22)(H,23,27)/t17-/m1/s1. The molecule has 0 saturated heterocycles. The van der Waals surface area contributed by atoms with Crippen molar-refractivity contribution in [2.45, 2.75) is 19.9 Å². The predicted octanol–water partition coefficient (Wildman–Crippen LogP) is 2.67. The van der Waals surface area contributed by atoms with Crippen LogP contribution in [-0.2, 0) is 0 Å². The molecule has 8 heteroatoms. The molecule has 0 spiro atoms. The van der Waals surface area contributed by atoms with Crippen molar-refractivity contribution >= 4 is 16.9 Å². The van der Waals surface area contributed by atoms with Crippen molar-refractivity contribution in [2.75, 3.05) is 0 Å². The van der Waals surface area contributed by atoms with Gasteiger partial charge in [0.25, 0.3) is 5.91 Å². The number of hydrogen-bond donors (Lipinski definition) is 2. The van der Waals surface area contributed by atoms with E-state index in [2.05, 4.69) is 30.8 Å². The van der Waals surface area contributed by atoms with Gasteiger partial charge in [0, 0.05) is 0 Å². The summed E-state index contributed by atoms with van der Waals surface area (Å²) < 4.78 is 1.47. The minimum Gasteiger partial charge on any atom is -0.342 e.